The molecule has 1 aliphatic rings. The van der Waals surface area contributed by atoms with Gasteiger partial charge in [0.25, 0.3) is 0 Å². The van der Waals surface area contributed by atoms with Crippen molar-refractivity contribution in [3.63, 3.8) is 0 Å². The first-order valence-electron chi connectivity index (χ1n) is 12.6. The number of ether oxygens (including phenoxy) is 1. The Morgan fingerprint density at radius 2 is 2.05 bits per heavy atom. The van der Waals surface area contributed by atoms with Crippen LogP contribution in [0.1, 0.15) is 31.9 Å². The van der Waals surface area contributed by atoms with Crippen molar-refractivity contribution in [2.24, 2.45) is 0 Å². The van der Waals surface area contributed by atoms with E-state index in [-0.39, 0.29) is 12.2 Å². The number of nitrogens with one attached hydrogen (secondary N) is 2. The van der Waals surface area contributed by atoms with Crippen molar-refractivity contribution >= 4 is 25.2 Å². The van der Waals surface area contributed by atoms with Crippen molar-refractivity contribution in [1.29, 1.82) is 0 Å². The van der Waals surface area contributed by atoms with Crippen LogP contribution in [0.2, 0.25) is 0 Å². The number of rotatable bonds is 16. The Labute approximate surface area is 217 Å². The highest BCUT2D eigenvalue weighted by atomic mass is 31.2. The lowest BCUT2D eigenvalue weighted by Crippen LogP contribution is -2.40. The first-order valence-corrected chi connectivity index (χ1v) is 14.4. The van der Waals surface area contributed by atoms with Crippen LogP contribution in [0.15, 0.2) is 12.3 Å². The molecule has 2 aromatic rings. The Balaban J connectivity index is 1.66. The molecule has 0 radical (unpaired) electrons. The first kappa shape index (κ1) is 29.2. The molecule has 4 N–H and O–H groups in total. The van der Waals surface area contributed by atoms with Gasteiger partial charge in [0.15, 0.2) is 0 Å². The molecular weight excluding hydrogens is 504 g/mol. The molecular formula is C22H39FN9O4P. The maximum atomic E-state index is 12.4. The molecule has 0 aromatic carbocycles. The Kier molecular flexibility index (Phi) is 11.5. The molecule has 208 valence electrons. The third-order valence-corrected chi connectivity index (χ3v) is 6.95. The van der Waals surface area contributed by atoms with Crippen LogP contribution in [0.3, 0.4) is 0 Å². The van der Waals surface area contributed by atoms with Gasteiger partial charge in [0.1, 0.15) is 17.3 Å². The molecule has 0 aliphatic carbocycles. The number of aryl methyl sites for hydroxylation is 1. The number of methoxy groups -OCH3 is 1. The van der Waals surface area contributed by atoms with Crippen molar-refractivity contribution in [3.8, 4) is 0 Å². The van der Waals surface area contributed by atoms with Crippen LogP contribution in [0.5, 0.6) is 0 Å². The number of halogens is 1. The summed E-state index contributed by atoms with van der Waals surface area (Å²) in [6, 6.07) is 2.11. The van der Waals surface area contributed by atoms with Gasteiger partial charge in [0.2, 0.25) is 5.95 Å². The van der Waals surface area contributed by atoms with E-state index in [1.807, 2.05) is 6.07 Å². The molecule has 0 saturated carbocycles. The van der Waals surface area contributed by atoms with Crippen LogP contribution in [-0.2, 0) is 22.4 Å². The molecule has 0 spiro atoms. The molecule has 1 fully saturated rings. The monoisotopic (exact) mass is 543 g/mol. The molecule has 2 aromatic heterocycles. The van der Waals surface area contributed by atoms with Gasteiger partial charge in [0.05, 0.1) is 32.2 Å². The SMILES string of the molecule is CCN(CCOC)c1cc(NC2CCN(CCP(=O)(O)O)CC2)nc(NCc2cn(CCCF)nn2)n1. The van der Waals surface area contributed by atoms with Crippen LogP contribution in [0, 0.1) is 0 Å². The average Bonchev–Trinajstić information content (AvgIpc) is 3.33. The second-order valence-corrected chi connectivity index (χ2v) is 10.8. The van der Waals surface area contributed by atoms with Gasteiger partial charge < -0.3 is 35.0 Å². The Bertz CT molecular complexity index is 1000. The van der Waals surface area contributed by atoms with Gasteiger partial charge in [-0.3, -0.25) is 13.6 Å². The van der Waals surface area contributed by atoms with E-state index < -0.39 is 14.3 Å². The van der Waals surface area contributed by atoms with E-state index in [0.717, 1.165) is 38.3 Å². The van der Waals surface area contributed by atoms with Gasteiger partial charge in [-0.1, -0.05) is 5.21 Å². The number of aromatic nitrogens is 5. The summed E-state index contributed by atoms with van der Waals surface area (Å²) in [5.74, 6) is 1.92. The van der Waals surface area contributed by atoms with E-state index in [1.54, 1.807) is 18.0 Å². The molecule has 1 aliphatic heterocycles. The molecule has 3 heterocycles. The molecule has 13 nitrogen and oxygen atoms in total. The molecule has 1 saturated heterocycles. The molecule has 0 unspecified atom stereocenters. The summed E-state index contributed by atoms with van der Waals surface area (Å²) in [6.07, 6.45) is 3.74. The zero-order valence-corrected chi connectivity index (χ0v) is 22.5. The summed E-state index contributed by atoms with van der Waals surface area (Å²) in [5.41, 5.74) is 0.705. The lowest BCUT2D eigenvalue weighted by atomic mass is 10.1. The minimum atomic E-state index is -3.99. The van der Waals surface area contributed by atoms with E-state index in [9.17, 15) is 8.96 Å². The quantitative estimate of drug-likeness (QED) is 0.227. The minimum absolute atomic E-state index is 0.118. The highest BCUT2D eigenvalue weighted by Crippen LogP contribution is 2.34. The molecule has 37 heavy (non-hydrogen) atoms. The molecule has 0 atom stereocenters. The second kappa shape index (κ2) is 14.5. The van der Waals surface area contributed by atoms with Crippen LogP contribution < -0.4 is 15.5 Å². The summed E-state index contributed by atoms with van der Waals surface area (Å²) in [7, 11) is -2.32. The normalized spacial score (nSPS) is 15.2. The fourth-order valence-corrected chi connectivity index (χ4v) is 4.63. The zero-order chi connectivity index (χ0) is 26.7. The van der Waals surface area contributed by atoms with Crippen LogP contribution in [0.25, 0.3) is 0 Å². The van der Waals surface area contributed by atoms with Crippen molar-refractivity contribution in [2.75, 3.05) is 74.8 Å². The lowest BCUT2D eigenvalue weighted by molar-refractivity contribution is 0.205. The predicted octanol–water partition coefficient (Wildman–Crippen LogP) is 1.57. The van der Waals surface area contributed by atoms with E-state index in [4.69, 9.17) is 19.5 Å². The number of hydrogen-bond acceptors (Lipinski definition) is 10. The van der Waals surface area contributed by atoms with Crippen LogP contribution in [-0.4, -0.2) is 105 Å². The van der Waals surface area contributed by atoms with Gasteiger partial charge in [-0.15, -0.1) is 5.10 Å². The summed E-state index contributed by atoms with van der Waals surface area (Å²) in [6.45, 7) is 6.43. The minimum Gasteiger partial charge on any atom is -0.383 e. The maximum Gasteiger partial charge on any atom is 0.326 e. The average molecular weight is 544 g/mol. The lowest BCUT2D eigenvalue weighted by Gasteiger charge is -2.32. The van der Waals surface area contributed by atoms with Gasteiger partial charge in [-0.2, -0.15) is 9.97 Å². The van der Waals surface area contributed by atoms with Gasteiger partial charge in [-0.05, 0) is 26.2 Å². The zero-order valence-electron chi connectivity index (χ0n) is 21.6. The summed E-state index contributed by atoms with van der Waals surface area (Å²) in [5, 5.41) is 14.9. The number of alkyl halides is 1. The Morgan fingerprint density at radius 3 is 2.73 bits per heavy atom. The van der Waals surface area contributed by atoms with Gasteiger partial charge in [-0.25, -0.2) is 0 Å². The number of nitrogens with zero attached hydrogens (tertiary/aromatic N) is 7. The van der Waals surface area contributed by atoms with E-state index in [0.29, 0.717) is 56.7 Å². The standard InChI is InChI=1S/C22H39FN9O4P/c1-3-31(11-13-36-2)21-15-20(25-18-5-9-30(10-6-18)12-14-37(33,34)35)26-22(27-21)24-16-19-17-32(29-28-19)8-4-7-23/h15,17-18H,3-14,16H2,1-2H3,(H2,33,34,35)(H2,24,25,26,27). The van der Waals surface area contributed by atoms with Crippen molar-refractivity contribution < 1.29 is 23.5 Å². The van der Waals surface area contributed by atoms with Gasteiger partial charge >= 0.3 is 7.60 Å². The van der Waals surface area contributed by atoms with Crippen LogP contribution >= 0.6 is 7.60 Å². The number of likely N-dealkylation sites (N-methyl/N-ethyl adjacent to an activating group) is 1. The van der Waals surface area contributed by atoms with E-state index in [1.165, 1.54) is 0 Å². The molecule has 15 heteroatoms. The van der Waals surface area contributed by atoms with E-state index >= 15 is 0 Å². The topological polar surface area (TPSA) is 154 Å². The van der Waals surface area contributed by atoms with Crippen molar-refractivity contribution in [2.45, 2.75) is 45.3 Å². The highest BCUT2D eigenvalue weighted by molar-refractivity contribution is 7.51. The van der Waals surface area contributed by atoms with Crippen molar-refractivity contribution in [1.82, 2.24) is 29.9 Å². The summed E-state index contributed by atoms with van der Waals surface area (Å²) >= 11 is 0. The largest absolute Gasteiger partial charge is 0.383 e. The molecule has 0 bridgehead atoms. The maximum absolute atomic E-state index is 12.4. The Hall–Kier alpha value is -2.38. The summed E-state index contributed by atoms with van der Waals surface area (Å²) in [4.78, 5) is 31.8. The van der Waals surface area contributed by atoms with Crippen LogP contribution in [0.4, 0.5) is 22.0 Å². The molecule has 3 rings (SSSR count). The fraction of sp³-hybridized carbons (Fsp3) is 0.727. The number of piperidine rings is 1. The van der Waals surface area contributed by atoms with E-state index in [2.05, 4.69) is 42.7 Å². The second-order valence-electron chi connectivity index (χ2n) is 9.03. The Morgan fingerprint density at radius 1 is 1.27 bits per heavy atom. The number of hydrogen-bond donors (Lipinski definition) is 4. The fourth-order valence-electron chi connectivity index (χ4n) is 4.09. The first-order chi connectivity index (χ1) is 17.8. The highest BCUT2D eigenvalue weighted by Gasteiger charge is 2.22. The van der Waals surface area contributed by atoms with Crippen molar-refractivity contribution in [3.05, 3.63) is 18.0 Å². The number of likely N-dealkylation sites (tertiary alicyclic amines) is 1. The summed E-state index contributed by atoms with van der Waals surface area (Å²) < 4.78 is 30.5. The third-order valence-electron chi connectivity index (χ3n) is 6.17. The predicted molar refractivity (Wildman–Crippen MR) is 140 cm³/mol. The third kappa shape index (κ3) is 10.1. The number of anilines is 3. The van der Waals surface area contributed by atoms with Gasteiger partial charge in [0, 0.05) is 58.5 Å². The smallest absolute Gasteiger partial charge is 0.326 e. The molecule has 0 amide bonds.